The summed E-state index contributed by atoms with van der Waals surface area (Å²) in [5, 5.41) is 9.85. The second-order valence-corrected chi connectivity index (χ2v) is 9.60. The molecular weight excluding hydrogens is 521 g/mol. The molecule has 0 spiro atoms. The van der Waals surface area contributed by atoms with Crippen molar-refractivity contribution in [2.24, 2.45) is 0 Å². The lowest BCUT2D eigenvalue weighted by molar-refractivity contribution is -0.141. The van der Waals surface area contributed by atoms with Gasteiger partial charge in [-0.2, -0.15) is 18.4 Å². The van der Waals surface area contributed by atoms with Crippen molar-refractivity contribution in [3.05, 3.63) is 118 Å². The zero-order chi connectivity index (χ0) is 28.0. The lowest BCUT2D eigenvalue weighted by Crippen LogP contribution is -2.10. The molecule has 39 heavy (non-hydrogen) atoms. The Hall–Kier alpha value is -4.35. The first-order chi connectivity index (χ1) is 18.7. The highest BCUT2D eigenvalue weighted by Crippen LogP contribution is 2.38. The number of pyridine rings is 1. The number of halogens is 3. The van der Waals surface area contributed by atoms with Gasteiger partial charge in [-0.3, -0.25) is 4.79 Å². The second-order valence-electron chi connectivity index (χ2n) is 8.64. The van der Waals surface area contributed by atoms with Gasteiger partial charge in [0.15, 0.2) is 5.78 Å². The number of hydrogen-bond acceptors (Lipinski definition) is 5. The number of aromatic nitrogens is 1. The van der Waals surface area contributed by atoms with Crippen molar-refractivity contribution in [3.63, 3.8) is 0 Å². The first-order valence-corrected chi connectivity index (χ1v) is 12.8. The van der Waals surface area contributed by atoms with Crippen LogP contribution in [-0.4, -0.2) is 17.9 Å². The summed E-state index contributed by atoms with van der Waals surface area (Å²) in [5.41, 5.74) is 2.61. The van der Waals surface area contributed by atoms with Gasteiger partial charge in [0.05, 0.1) is 12.7 Å². The van der Waals surface area contributed by atoms with Gasteiger partial charge in [0, 0.05) is 22.4 Å². The highest BCUT2D eigenvalue weighted by Gasteiger charge is 2.34. The summed E-state index contributed by atoms with van der Waals surface area (Å²) in [4.78, 5) is 16.4. The topological polar surface area (TPSA) is 63.0 Å². The van der Waals surface area contributed by atoms with E-state index in [0.29, 0.717) is 22.4 Å². The third-order valence-electron chi connectivity index (χ3n) is 5.87. The molecule has 0 radical (unpaired) electrons. The minimum atomic E-state index is -4.68. The summed E-state index contributed by atoms with van der Waals surface area (Å²) in [6, 6.07) is 24.0. The van der Waals surface area contributed by atoms with Crippen LogP contribution in [0.25, 0.3) is 17.2 Å². The molecule has 0 N–H and O–H groups in total. The number of nitrogens with zero attached hydrogens (tertiary/aromatic N) is 2. The molecule has 4 aromatic rings. The van der Waals surface area contributed by atoms with Crippen molar-refractivity contribution < 1.29 is 22.7 Å². The van der Waals surface area contributed by atoms with E-state index < -0.39 is 11.9 Å². The number of allylic oxidation sites excluding steroid dienone is 1. The number of carbonyl (C=O) groups is 1. The minimum Gasteiger partial charge on any atom is -0.496 e. The molecule has 1 heterocycles. The fourth-order valence-corrected chi connectivity index (χ4v) is 4.93. The SMILES string of the molecule is COc1ccc(/C=C/C(=O)c2cccc(C)c2)cc1CSc1nc(C(F)(F)F)cc(-c2ccccc2)c1C#N. The van der Waals surface area contributed by atoms with Crippen LogP contribution in [0.3, 0.4) is 0 Å². The predicted molar refractivity (Wildman–Crippen MR) is 146 cm³/mol. The number of ether oxygens (including phenoxy) is 1. The van der Waals surface area contributed by atoms with Crippen molar-refractivity contribution in [1.82, 2.24) is 4.98 Å². The average Bonchev–Trinajstić information content (AvgIpc) is 2.94. The van der Waals surface area contributed by atoms with E-state index in [0.717, 1.165) is 29.0 Å². The Bertz CT molecular complexity index is 1580. The number of rotatable bonds is 8. The highest BCUT2D eigenvalue weighted by atomic mass is 32.2. The third-order valence-corrected chi connectivity index (χ3v) is 6.90. The summed E-state index contributed by atoms with van der Waals surface area (Å²) in [6.45, 7) is 1.91. The number of hydrogen-bond donors (Lipinski definition) is 0. The molecule has 4 nitrogen and oxygen atoms in total. The maximum Gasteiger partial charge on any atom is 0.433 e. The molecule has 0 fully saturated rings. The molecule has 0 unspecified atom stereocenters. The smallest absolute Gasteiger partial charge is 0.433 e. The maximum absolute atomic E-state index is 13.7. The summed E-state index contributed by atoms with van der Waals surface area (Å²) >= 11 is 1.02. The zero-order valence-corrected chi connectivity index (χ0v) is 21.9. The van der Waals surface area contributed by atoms with E-state index in [1.807, 2.05) is 25.1 Å². The van der Waals surface area contributed by atoms with Gasteiger partial charge in [0.25, 0.3) is 0 Å². The zero-order valence-electron chi connectivity index (χ0n) is 21.1. The normalized spacial score (nSPS) is 11.4. The molecule has 4 rings (SSSR count). The van der Waals surface area contributed by atoms with Crippen LogP contribution in [0.1, 0.15) is 38.3 Å². The molecular formula is C31H23F3N2O2S. The molecule has 0 saturated heterocycles. The van der Waals surface area contributed by atoms with E-state index in [4.69, 9.17) is 4.74 Å². The number of methoxy groups -OCH3 is 1. The van der Waals surface area contributed by atoms with E-state index in [9.17, 15) is 23.2 Å². The third kappa shape index (κ3) is 6.75. The van der Waals surface area contributed by atoms with E-state index in [2.05, 4.69) is 4.98 Å². The Morgan fingerprint density at radius 1 is 1.05 bits per heavy atom. The molecule has 0 saturated carbocycles. The van der Waals surface area contributed by atoms with Gasteiger partial charge in [-0.25, -0.2) is 4.98 Å². The lowest BCUT2D eigenvalue weighted by Gasteiger charge is -2.15. The van der Waals surface area contributed by atoms with Gasteiger partial charge < -0.3 is 4.74 Å². The Balaban J connectivity index is 1.65. The highest BCUT2D eigenvalue weighted by molar-refractivity contribution is 7.98. The summed E-state index contributed by atoms with van der Waals surface area (Å²) in [5.74, 6) is 0.567. The van der Waals surface area contributed by atoms with Crippen LogP contribution in [0.15, 0.2) is 90.0 Å². The van der Waals surface area contributed by atoms with Crippen LogP contribution < -0.4 is 4.74 Å². The molecule has 0 atom stereocenters. The molecule has 196 valence electrons. The summed E-state index contributed by atoms with van der Waals surface area (Å²) < 4.78 is 46.6. The van der Waals surface area contributed by atoms with Crippen LogP contribution in [0, 0.1) is 18.3 Å². The van der Waals surface area contributed by atoms with E-state index in [-0.39, 0.29) is 27.7 Å². The molecule has 8 heteroatoms. The van der Waals surface area contributed by atoms with Gasteiger partial charge in [-0.1, -0.05) is 66.2 Å². The number of nitriles is 1. The molecule has 0 amide bonds. The van der Waals surface area contributed by atoms with Crippen LogP contribution in [-0.2, 0) is 11.9 Å². The molecule has 0 aliphatic carbocycles. The van der Waals surface area contributed by atoms with E-state index >= 15 is 0 Å². The standard InChI is InChI=1S/C31H23F3N2O2S/c1-20-7-6-10-23(15-20)27(37)13-11-21-12-14-28(38-2)24(16-21)19-39-30-26(18-35)25(22-8-4-3-5-9-22)17-29(36-30)31(32,33)34/h3-17H,19H2,1-2H3/b13-11+. The molecule has 1 aromatic heterocycles. The van der Waals surface area contributed by atoms with Gasteiger partial charge >= 0.3 is 6.18 Å². The van der Waals surface area contributed by atoms with Gasteiger partial charge in [0.2, 0.25) is 0 Å². The first-order valence-electron chi connectivity index (χ1n) is 11.9. The van der Waals surface area contributed by atoms with Gasteiger partial charge in [0.1, 0.15) is 22.5 Å². The van der Waals surface area contributed by atoms with Crippen LogP contribution in [0.5, 0.6) is 5.75 Å². The average molecular weight is 545 g/mol. The molecule has 0 aliphatic heterocycles. The Labute approximate surface area is 228 Å². The van der Waals surface area contributed by atoms with Crippen molar-refractivity contribution in [1.29, 1.82) is 5.26 Å². The first kappa shape index (κ1) is 27.7. The molecule has 0 aliphatic rings. The molecule has 0 bridgehead atoms. The van der Waals surface area contributed by atoms with Gasteiger partial charge in [-0.15, -0.1) is 11.8 Å². The van der Waals surface area contributed by atoms with Crippen molar-refractivity contribution >= 4 is 23.6 Å². The van der Waals surface area contributed by atoms with Crippen molar-refractivity contribution in [2.75, 3.05) is 7.11 Å². The van der Waals surface area contributed by atoms with Gasteiger partial charge in [-0.05, 0) is 48.4 Å². The number of aryl methyl sites for hydroxylation is 1. The lowest BCUT2D eigenvalue weighted by atomic mass is 10.0. The fourth-order valence-electron chi connectivity index (χ4n) is 3.95. The quantitative estimate of drug-likeness (QED) is 0.127. The monoisotopic (exact) mass is 544 g/mol. The molecule has 3 aromatic carbocycles. The summed E-state index contributed by atoms with van der Waals surface area (Å²) in [6.07, 6.45) is -1.53. The number of carbonyl (C=O) groups excluding carboxylic acids is 1. The van der Waals surface area contributed by atoms with Crippen molar-refractivity contribution in [2.45, 2.75) is 23.9 Å². The Morgan fingerprint density at radius 2 is 1.82 bits per heavy atom. The number of benzene rings is 3. The Morgan fingerprint density at radius 3 is 2.49 bits per heavy atom. The fraction of sp³-hybridized carbons (Fsp3) is 0.129. The number of alkyl halides is 3. The Kier molecular flexibility index (Phi) is 8.52. The predicted octanol–water partition coefficient (Wildman–Crippen LogP) is 8.14. The van der Waals surface area contributed by atoms with Crippen LogP contribution in [0.2, 0.25) is 0 Å². The van der Waals surface area contributed by atoms with Crippen LogP contribution >= 0.6 is 11.8 Å². The van der Waals surface area contributed by atoms with E-state index in [1.165, 1.54) is 13.2 Å². The number of ketones is 1. The van der Waals surface area contributed by atoms with E-state index in [1.54, 1.807) is 66.7 Å². The number of thioether (sulfide) groups is 1. The second kappa shape index (κ2) is 12.0. The van der Waals surface area contributed by atoms with Crippen molar-refractivity contribution in [3.8, 4) is 22.9 Å². The largest absolute Gasteiger partial charge is 0.496 e. The minimum absolute atomic E-state index is 0.0243. The van der Waals surface area contributed by atoms with Crippen LogP contribution in [0.4, 0.5) is 13.2 Å². The maximum atomic E-state index is 13.7. The summed E-state index contributed by atoms with van der Waals surface area (Å²) in [7, 11) is 1.50.